The first kappa shape index (κ1) is 26.0. The lowest BCUT2D eigenvalue weighted by atomic mass is 9.96. The van der Waals surface area contributed by atoms with Crippen LogP contribution >= 0.6 is 0 Å². The fraction of sp³-hybridized carbons (Fsp3) is 0. The van der Waals surface area contributed by atoms with Crippen LogP contribution in [-0.4, -0.2) is 20.2 Å². The first-order valence-electron chi connectivity index (χ1n) is 15.1. The van der Waals surface area contributed by atoms with Crippen molar-refractivity contribution in [2.24, 2.45) is 0 Å². The lowest BCUT2D eigenvalue weighted by Gasteiger charge is -2.13. The molecule has 0 spiro atoms. The summed E-state index contributed by atoms with van der Waals surface area (Å²) in [6.07, 6.45) is 0. The lowest BCUT2D eigenvalue weighted by Crippen LogP contribution is -1.97. The van der Waals surface area contributed by atoms with Gasteiger partial charge >= 0.3 is 0 Å². The Labute approximate surface area is 263 Å². The van der Waals surface area contributed by atoms with Crippen molar-refractivity contribution in [2.75, 3.05) is 0 Å². The molecule has 0 amide bonds. The third-order valence-electron chi connectivity index (χ3n) is 8.31. The highest BCUT2D eigenvalue weighted by Crippen LogP contribution is 2.39. The second kappa shape index (κ2) is 10.6. The van der Waals surface area contributed by atoms with Crippen molar-refractivity contribution >= 4 is 32.7 Å². The van der Waals surface area contributed by atoms with Gasteiger partial charge in [-0.05, 0) is 47.2 Å². The van der Waals surface area contributed by atoms with Gasteiger partial charge in [0, 0.05) is 38.6 Å². The summed E-state index contributed by atoms with van der Waals surface area (Å²) in [6.45, 7) is 0. The van der Waals surface area contributed by atoms with E-state index in [4.69, 9.17) is 18.8 Å². The molecule has 6 heteroatoms. The highest BCUT2D eigenvalue weighted by Gasteiger charge is 2.19. The van der Waals surface area contributed by atoms with Crippen molar-refractivity contribution in [2.45, 2.75) is 0 Å². The molecule has 3 aromatic heterocycles. The Hall–Kier alpha value is -6.40. The average Bonchev–Trinajstić information content (AvgIpc) is 3.77. The van der Waals surface area contributed by atoms with E-state index in [9.17, 15) is 0 Å². The molecule has 0 N–H and O–H groups in total. The molecule has 0 atom stereocenters. The zero-order chi connectivity index (χ0) is 30.5. The predicted octanol–water partition coefficient (Wildman–Crippen LogP) is 10.2. The Morgan fingerprint density at radius 3 is 1.76 bits per heavy atom. The van der Waals surface area contributed by atoms with Crippen molar-refractivity contribution < 1.29 is 8.83 Å². The van der Waals surface area contributed by atoms with Crippen molar-refractivity contribution in [1.29, 1.82) is 0 Å². The lowest BCUT2D eigenvalue weighted by molar-refractivity contribution is 0.585. The maximum atomic E-state index is 6.41. The summed E-state index contributed by atoms with van der Waals surface area (Å²) in [4.78, 5) is 10.2. The fourth-order valence-corrected chi connectivity index (χ4v) is 6.13. The highest BCUT2D eigenvalue weighted by atomic mass is 16.4. The van der Waals surface area contributed by atoms with E-state index >= 15 is 0 Å². The van der Waals surface area contributed by atoms with Gasteiger partial charge in [-0.1, -0.05) is 109 Å². The third kappa shape index (κ3) is 4.35. The van der Waals surface area contributed by atoms with Crippen molar-refractivity contribution in [1.82, 2.24) is 20.2 Å². The van der Waals surface area contributed by atoms with Crippen LogP contribution in [0.2, 0.25) is 0 Å². The molecule has 9 aromatic rings. The van der Waals surface area contributed by atoms with Gasteiger partial charge in [-0.25, -0.2) is 9.97 Å². The fourth-order valence-electron chi connectivity index (χ4n) is 6.13. The van der Waals surface area contributed by atoms with Crippen LogP contribution in [0.4, 0.5) is 0 Å². The van der Waals surface area contributed by atoms with Gasteiger partial charge in [-0.3, -0.25) is 0 Å². The molecule has 0 unspecified atom stereocenters. The van der Waals surface area contributed by atoms with Gasteiger partial charge in [0.1, 0.15) is 11.2 Å². The Kier molecular flexibility index (Phi) is 6.03. The van der Waals surface area contributed by atoms with Crippen LogP contribution in [0.25, 0.3) is 89.5 Å². The van der Waals surface area contributed by atoms with E-state index in [0.29, 0.717) is 17.6 Å². The van der Waals surface area contributed by atoms with Crippen LogP contribution in [-0.2, 0) is 0 Å². The molecule has 3 heterocycles. The summed E-state index contributed by atoms with van der Waals surface area (Å²) in [5.41, 5.74) is 7.79. The number of hydrogen-bond donors (Lipinski definition) is 0. The minimum absolute atomic E-state index is 0.464. The van der Waals surface area contributed by atoms with Gasteiger partial charge in [0.15, 0.2) is 5.82 Å². The summed E-state index contributed by atoms with van der Waals surface area (Å²) in [5.74, 6) is 1.58. The number of hydrogen-bond acceptors (Lipinski definition) is 6. The molecule has 0 bridgehead atoms. The Bertz CT molecular complexity index is 2540. The predicted molar refractivity (Wildman–Crippen MR) is 182 cm³/mol. The van der Waals surface area contributed by atoms with Gasteiger partial charge in [0.25, 0.3) is 0 Å². The van der Waals surface area contributed by atoms with E-state index in [0.717, 1.165) is 71.9 Å². The number of aromatic nitrogens is 4. The van der Waals surface area contributed by atoms with Gasteiger partial charge in [-0.15, -0.1) is 10.2 Å². The Morgan fingerprint density at radius 1 is 0.391 bits per heavy atom. The molecule has 216 valence electrons. The van der Waals surface area contributed by atoms with Gasteiger partial charge < -0.3 is 8.83 Å². The van der Waals surface area contributed by atoms with Gasteiger partial charge in [0.2, 0.25) is 11.8 Å². The molecule has 6 aromatic carbocycles. The topological polar surface area (TPSA) is 77.8 Å². The molecular formula is C40H24N4O2. The quantitative estimate of drug-likeness (QED) is 0.198. The van der Waals surface area contributed by atoms with Crippen molar-refractivity contribution in [3.8, 4) is 56.8 Å². The van der Waals surface area contributed by atoms with E-state index in [1.807, 2.05) is 97.1 Å². The summed E-state index contributed by atoms with van der Waals surface area (Å²) in [6, 6.07) is 48.6. The van der Waals surface area contributed by atoms with E-state index in [2.05, 4.69) is 58.7 Å². The zero-order valence-electron chi connectivity index (χ0n) is 24.5. The number of para-hydroxylation sites is 2. The summed E-state index contributed by atoms with van der Waals surface area (Å²) in [7, 11) is 0. The average molecular weight is 593 g/mol. The number of benzene rings is 6. The molecule has 0 saturated carbocycles. The second-order valence-corrected chi connectivity index (χ2v) is 11.1. The third-order valence-corrected chi connectivity index (χ3v) is 8.31. The first-order valence-corrected chi connectivity index (χ1v) is 15.1. The molecule has 0 fully saturated rings. The van der Waals surface area contributed by atoms with E-state index in [1.165, 1.54) is 0 Å². The van der Waals surface area contributed by atoms with Crippen molar-refractivity contribution in [3.63, 3.8) is 0 Å². The maximum absolute atomic E-state index is 6.41. The molecule has 0 aliphatic rings. The SMILES string of the molecule is c1ccc(-c2nc(-c3ccc(-c4nnc(-c5ccccc5)o4)c4ccccc34)cc(-c3cccc4c3oc3ccccc34)n2)cc1. The van der Waals surface area contributed by atoms with Crippen LogP contribution in [0.5, 0.6) is 0 Å². The van der Waals surface area contributed by atoms with E-state index < -0.39 is 0 Å². The molecule has 6 nitrogen and oxygen atoms in total. The van der Waals surface area contributed by atoms with Gasteiger partial charge in [-0.2, -0.15) is 0 Å². The number of rotatable bonds is 5. The monoisotopic (exact) mass is 592 g/mol. The Balaban J connectivity index is 1.24. The molecule has 0 aliphatic carbocycles. The summed E-state index contributed by atoms with van der Waals surface area (Å²) in [5, 5.41) is 12.9. The molecule has 0 saturated heterocycles. The summed E-state index contributed by atoms with van der Waals surface area (Å²) >= 11 is 0. The molecule has 0 aliphatic heterocycles. The minimum atomic E-state index is 0.464. The van der Waals surface area contributed by atoms with Gasteiger partial charge in [0.05, 0.1) is 11.4 Å². The molecular weight excluding hydrogens is 568 g/mol. The molecule has 9 rings (SSSR count). The minimum Gasteiger partial charge on any atom is -0.455 e. The number of fused-ring (bicyclic) bond motifs is 4. The van der Waals surface area contributed by atoms with Crippen LogP contribution in [0.3, 0.4) is 0 Å². The number of furan rings is 1. The summed E-state index contributed by atoms with van der Waals surface area (Å²) < 4.78 is 12.6. The van der Waals surface area contributed by atoms with Crippen LogP contribution in [0.15, 0.2) is 154 Å². The second-order valence-electron chi connectivity index (χ2n) is 11.1. The van der Waals surface area contributed by atoms with Crippen molar-refractivity contribution in [3.05, 3.63) is 146 Å². The molecule has 0 radical (unpaired) electrons. The standard InChI is InChI=1S/C40H24N4O2/c1-3-12-25(13-4-1)38-41-34(24-35(42-38)33-20-11-19-31-30-18-9-10-21-36(30)45-37(31)33)29-22-23-32(28-17-8-7-16-27(28)29)40-44-43-39(46-40)26-14-5-2-6-15-26/h1-24H. The normalized spacial score (nSPS) is 11.5. The smallest absolute Gasteiger partial charge is 0.248 e. The van der Waals surface area contributed by atoms with E-state index in [1.54, 1.807) is 0 Å². The van der Waals surface area contributed by atoms with Crippen LogP contribution < -0.4 is 0 Å². The largest absolute Gasteiger partial charge is 0.455 e. The number of nitrogens with zero attached hydrogens (tertiary/aromatic N) is 4. The van der Waals surface area contributed by atoms with Crippen LogP contribution in [0, 0.1) is 0 Å². The zero-order valence-corrected chi connectivity index (χ0v) is 24.5. The molecule has 46 heavy (non-hydrogen) atoms. The maximum Gasteiger partial charge on any atom is 0.248 e. The Morgan fingerprint density at radius 2 is 0.978 bits per heavy atom. The van der Waals surface area contributed by atoms with Crippen LogP contribution in [0.1, 0.15) is 0 Å². The van der Waals surface area contributed by atoms with E-state index in [-0.39, 0.29) is 0 Å². The first-order chi connectivity index (χ1) is 22.8. The highest BCUT2D eigenvalue weighted by molar-refractivity contribution is 6.09.